The lowest BCUT2D eigenvalue weighted by Gasteiger charge is -2.02. The van der Waals surface area contributed by atoms with Crippen molar-refractivity contribution in [3.05, 3.63) is 35.5 Å². The second-order valence-electron chi connectivity index (χ2n) is 3.26. The van der Waals surface area contributed by atoms with Gasteiger partial charge in [-0.2, -0.15) is 0 Å². The molecule has 2 aromatic rings. The molecule has 0 bridgehead atoms. The van der Waals surface area contributed by atoms with Crippen LogP contribution in [-0.2, 0) is 5.11 Å². The van der Waals surface area contributed by atoms with Gasteiger partial charge in [-0.05, 0) is 37.1 Å². The second kappa shape index (κ2) is 2.73. The number of aryl methyl sites for hydroxylation is 2. The van der Waals surface area contributed by atoms with E-state index >= 15 is 0 Å². The molecule has 2 nitrogen and oxygen atoms in total. The van der Waals surface area contributed by atoms with Gasteiger partial charge in [0.05, 0.1) is 5.52 Å². The van der Waals surface area contributed by atoms with Crippen LogP contribution in [0.25, 0.3) is 10.9 Å². The molecule has 13 heavy (non-hydrogen) atoms. The molecule has 2 rings (SSSR count). The Morgan fingerprint density at radius 1 is 1.15 bits per heavy atom. The Labute approximate surface area is 76.9 Å². The predicted octanol–water partition coefficient (Wildman–Crippen LogP) is 3.00. The van der Waals surface area contributed by atoms with Gasteiger partial charge in [0.1, 0.15) is 0 Å². The van der Waals surface area contributed by atoms with E-state index in [1.165, 1.54) is 11.6 Å². The van der Waals surface area contributed by atoms with Crippen molar-refractivity contribution in [1.29, 1.82) is 0 Å². The van der Waals surface area contributed by atoms with Crippen LogP contribution in [0.3, 0.4) is 0 Å². The van der Waals surface area contributed by atoms with Gasteiger partial charge >= 0.3 is 0 Å². The van der Waals surface area contributed by atoms with Crippen molar-refractivity contribution in [2.24, 2.45) is 0 Å². The number of nitrogens with zero attached hydrogens (tertiary/aromatic N) is 1. The van der Waals surface area contributed by atoms with Crippen LogP contribution in [0, 0.1) is 13.8 Å². The second-order valence-corrected chi connectivity index (χ2v) is 3.26. The molecule has 1 heterocycles. The molecule has 0 spiro atoms. The molecule has 65 valence electrons. The summed E-state index contributed by atoms with van der Waals surface area (Å²) in [6.45, 7) is 4.02. The van der Waals surface area contributed by atoms with Gasteiger partial charge in [-0.1, -0.05) is 0 Å². The Morgan fingerprint density at radius 2 is 1.85 bits per heavy atom. The number of aromatic nitrogens is 1. The van der Waals surface area contributed by atoms with Crippen LogP contribution in [0.2, 0.25) is 0 Å². The van der Waals surface area contributed by atoms with Crippen LogP contribution < -0.4 is 0 Å². The lowest BCUT2D eigenvalue weighted by Crippen LogP contribution is -1.84. The zero-order chi connectivity index (χ0) is 9.42. The molecule has 0 saturated heterocycles. The van der Waals surface area contributed by atoms with Crippen molar-refractivity contribution in [3.8, 4) is 5.75 Å². The number of hydrogen-bond acceptors (Lipinski definition) is 1. The quantitative estimate of drug-likeness (QED) is 0.601. The van der Waals surface area contributed by atoms with Crippen LogP contribution in [0.15, 0.2) is 24.4 Å². The minimum absolute atomic E-state index is 0.0492. The molecule has 0 atom stereocenters. The maximum Gasteiger partial charge on any atom is 0.189 e. The normalized spacial score (nSPS) is 10.6. The number of fused-ring (bicyclic) bond motifs is 1. The fourth-order valence-electron chi connectivity index (χ4n) is 1.38. The van der Waals surface area contributed by atoms with E-state index in [9.17, 15) is 5.11 Å². The monoisotopic (exact) mass is 172 g/mol. The molecule has 0 amide bonds. The zero-order valence-corrected chi connectivity index (χ0v) is 7.66. The minimum Gasteiger partial charge on any atom is -0.289 e. The smallest absolute Gasteiger partial charge is 0.189 e. The SMILES string of the molecule is Cc1cc2nccc([O])c2cc1C. The average molecular weight is 172 g/mol. The topological polar surface area (TPSA) is 32.8 Å². The van der Waals surface area contributed by atoms with Crippen LogP contribution in [-0.4, -0.2) is 4.98 Å². The Hall–Kier alpha value is -1.57. The van der Waals surface area contributed by atoms with Gasteiger partial charge in [-0.25, -0.2) is 0 Å². The molecule has 2 heteroatoms. The van der Waals surface area contributed by atoms with Crippen molar-refractivity contribution in [1.82, 2.24) is 4.98 Å². The molecule has 0 aliphatic rings. The standard InChI is InChI=1S/C11H10NO/c1-7-5-9-10(6-8(7)2)12-4-3-11(9)13/h3-6H,1-2H3. The highest BCUT2D eigenvalue weighted by molar-refractivity contribution is 5.85. The summed E-state index contributed by atoms with van der Waals surface area (Å²) in [4.78, 5) is 4.14. The third-order valence-corrected chi connectivity index (χ3v) is 2.32. The third kappa shape index (κ3) is 1.24. The van der Waals surface area contributed by atoms with Crippen molar-refractivity contribution >= 4 is 10.9 Å². The maximum atomic E-state index is 11.4. The number of benzene rings is 1. The Balaban J connectivity index is 2.89. The summed E-state index contributed by atoms with van der Waals surface area (Å²) in [5, 5.41) is 12.1. The van der Waals surface area contributed by atoms with Crippen molar-refractivity contribution in [3.63, 3.8) is 0 Å². The van der Waals surface area contributed by atoms with E-state index in [-0.39, 0.29) is 5.75 Å². The first-order chi connectivity index (χ1) is 6.18. The van der Waals surface area contributed by atoms with E-state index in [1.807, 2.05) is 26.0 Å². The first-order valence-corrected chi connectivity index (χ1v) is 4.21. The molecular formula is C11H10NO. The Bertz CT molecular complexity index is 463. The van der Waals surface area contributed by atoms with Gasteiger partial charge < -0.3 is 0 Å². The van der Waals surface area contributed by atoms with Gasteiger partial charge in [0.2, 0.25) is 0 Å². The minimum atomic E-state index is 0.0492. The molecular weight excluding hydrogens is 162 g/mol. The van der Waals surface area contributed by atoms with E-state index in [1.54, 1.807) is 6.20 Å². The maximum absolute atomic E-state index is 11.4. The van der Waals surface area contributed by atoms with Crippen LogP contribution >= 0.6 is 0 Å². The highest BCUT2D eigenvalue weighted by Crippen LogP contribution is 2.25. The molecule has 0 unspecified atom stereocenters. The first kappa shape index (κ1) is 8.05. The Morgan fingerprint density at radius 3 is 2.62 bits per heavy atom. The fraction of sp³-hybridized carbons (Fsp3) is 0.182. The number of hydrogen-bond donors (Lipinski definition) is 0. The van der Waals surface area contributed by atoms with Gasteiger partial charge in [-0.3, -0.25) is 10.1 Å². The van der Waals surface area contributed by atoms with E-state index in [2.05, 4.69) is 4.98 Å². The number of rotatable bonds is 0. The van der Waals surface area contributed by atoms with E-state index in [0.717, 1.165) is 11.1 Å². The first-order valence-electron chi connectivity index (χ1n) is 4.21. The summed E-state index contributed by atoms with van der Waals surface area (Å²) in [5.74, 6) is 0.0492. The predicted molar refractivity (Wildman–Crippen MR) is 51.3 cm³/mol. The summed E-state index contributed by atoms with van der Waals surface area (Å²) >= 11 is 0. The molecule has 1 aromatic carbocycles. The van der Waals surface area contributed by atoms with Crippen LogP contribution in [0.5, 0.6) is 5.75 Å². The van der Waals surface area contributed by atoms with E-state index < -0.39 is 0 Å². The van der Waals surface area contributed by atoms with Crippen LogP contribution in [0.1, 0.15) is 11.1 Å². The largest absolute Gasteiger partial charge is 0.289 e. The highest BCUT2D eigenvalue weighted by Gasteiger charge is 2.03. The van der Waals surface area contributed by atoms with E-state index in [0.29, 0.717) is 5.39 Å². The highest BCUT2D eigenvalue weighted by atomic mass is 16.3. The molecule has 1 aromatic heterocycles. The molecule has 0 fully saturated rings. The molecule has 0 aliphatic carbocycles. The van der Waals surface area contributed by atoms with Gasteiger partial charge in [0.25, 0.3) is 0 Å². The van der Waals surface area contributed by atoms with Gasteiger partial charge in [0, 0.05) is 17.6 Å². The lowest BCUT2D eigenvalue weighted by molar-refractivity contribution is 0.360. The molecule has 0 aliphatic heterocycles. The third-order valence-electron chi connectivity index (χ3n) is 2.32. The number of pyridine rings is 1. The summed E-state index contributed by atoms with van der Waals surface area (Å²) < 4.78 is 0. The summed E-state index contributed by atoms with van der Waals surface area (Å²) in [5.41, 5.74) is 3.10. The molecule has 0 saturated carbocycles. The van der Waals surface area contributed by atoms with Crippen molar-refractivity contribution < 1.29 is 5.11 Å². The van der Waals surface area contributed by atoms with E-state index in [4.69, 9.17) is 0 Å². The lowest BCUT2D eigenvalue weighted by atomic mass is 10.1. The van der Waals surface area contributed by atoms with Crippen molar-refractivity contribution in [2.45, 2.75) is 13.8 Å². The Kier molecular flexibility index (Phi) is 1.69. The average Bonchev–Trinajstić information content (AvgIpc) is 2.09. The van der Waals surface area contributed by atoms with Crippen molar-refractivity contribution in [2.75, 3.05) is 0 Å². The van der Waals surface area contributed by atoms with Crippen LogP contribution in [0.4, 0.5) is 0 Å². The van der Waals surface area contributed by atoms with Gasteiger partial charge in [-0.15, -0.1) is 0 Å². The molecule has 0 N–H and O–H groups in total. The summed E-state index contributed by atoms with van der Waals surface area (Å²) in [6, 6.07) is 5.35. The zero-order valence-electron chi connectivity index (χ0n) is 7.66. The fourth-order valence-corrected chi connectivity index (χ4v) is 1.38. The van der Waals surface area contributed by atoms with Gasteiger partial charge in [0.15, 0.2) is 5.75 Å². The summed E-state index contributed by atoms with van der Waals surface area (Å²) in [7, 11) is 0. The molecule has 1 radical (unpaired) electrons. The summed E-state index contributed by atoms with van der Waals surface area (Å²) in [6.07, 6.45) is 1.56.